The smallest absolute Gasteiger partial charge is 0.251 e. The molecule has 26 heavy (non-hydrogen) atoms. The van der Waals surface area contributed by atoms with Gasteiger partial charge in [0.05, 0.1) is 6.04 Å². The van der Waals surface area contributed by atoms with Crippen LogP contribution in [0, 0.1) is 5.82 Å². The van der Waals surface area contributed by atoms with E-state index in [4.69, 9.17) is 0 Å². The Morgan fingerprint density at radius 2 is 2.00 bits per heavy atom. The predicted octanol–water partition coefficient (Wildman–Crippen LogP) is 5.32. The number of hydrogen-bond donors (Lipinski definition) is 2. The Bertz CT molecular complexity index is 861. The van der Waals surface area contributed by atoms with Crippen molar-refractivity contribution in [3.63, 3.8) is 0 Å². The van der Waals surface area contributed by atoms with E-state index in [0.29, 0.717) is 5.56 Å². The Morgan fingerprint density at radius 3 is 2.73 bits per heavy atom. The molecule has 1 aliphatic carbocycles. The van der Waals surface area contributed by atoms with E-state index < -0.39 is 0 Å². The van der Waals surface area contributed by atoms with Crippen molar-refractivity contribution in [2.75, 3.05) is 12.4 Å². The van der Waals surface area contributed by atoms with Gasteiger partial charge in [0.1, 0.15) is 5.82 Å². The summed E-state index contributed by atoms with van der Waals surface area (Å²) in [5.74, 6) is -0.276. The van der Waals surface area contributed by atoms with E-state index in [1.807, 2.05) is 18.2 Å². The summed E-state index contributed by atoms with van der Waals surface area (Å²) in [6.45, 7) is 0. The van der Waals surface area contributed by atoms with E-state index in [1.54, 1.807) is 19.2 Å². The first-order valence-corrected chi connectivity index (χ1v) is 9.90. The van der Waals surface area contributed by atoms with Gasteiger partial charge in [-0.3, -0.25) is 4.79 Å². The molecule has 1 fully saturated rings. The third-order valence-corrected chi connectivity index (χ3v) is 6.62. The Hall–Kier alpha value is -1.88. The van der Waals surface area contributed by atoms with Crippen LogP contribution in [-0.2, 0) is 5.41 Å². The van der Waals surface area contributed by atoms with E-state index in [0.717, 1.165) is 35.0 Å². The first kappa shape index (κ1) is 17.5. The molecule has 0 saturated heterocycles. The van der Waals surface area contributed by atoms with Gasteiger partial charge in [0.15, 0.2) is 0 Å². The average Bonchev–Trinajstić information content (AvgIpc) is 3.11. The lowest BCUT2D eigenvalue weighted by Crippen LogP contribution is -2.34. The zero-order valence-electron chi connectivity index (χ0n) is 14.7. The second-order valence-corrected chi connectivity index (χ2v) is 8.25. The molecule has 1 amide bonds. The molecule has 2 aliphatic rings. The second-order valence-electron chi connectivity index (χ2n) is 7.39. The number of carbonyl (C=O) groups is 1. The molecular formula is C21H22BrFN2O. The minimum absolute atomic E-state index is 0.0523. The summed E-state index contributed by atoms with van der Waals surface area (Å²) in [5, 5.41) is 6.30. The van der Waals surface area contributed by atoms with Crippen LogP contribution in [0.15, 0.2) is 40.9 Å². The average molecular weight is 417 g/mol. The van der Waals surface area contributed by atoms with Crippen LogP contribution in [0.25, 0.3) is 0 Å². The highest BCUT2D eigenvalue weighted by Crippen LogP contribution is 2.53. The van der Waals surface area contributed by atoms with Crippen molar-refractivity contribution >= 4 is 27.5 Å². The highest BCUT2D eigenvalue weighted by atomic mass is 79.9. The summed E-state index contributed by atoms with van der Waals surface area (Å²) in [6, 6.07) is 10.8. The second kappa shape index (κ2) is 6.69. The zero-order valence-corrected chi connectivity index (χ0v) is 16.3. The lowest BCUT2D eigenvalue weighted by atomic mass is 9.69. The number of benzene rings is 2. The number of rotatable bonds is 2. The topological polar surface area (TPSA) is 41.1 Å². The van der Waals surface area contributed by atoms with Crippen molar-refractivity contribution in [3.8, 4) is 0 Å². The Labute approximate surface area is 161 Å². The van der Waals surface area contributed by atoms with Gasteiger partial charge in [-0.15, -0.1) is 0 Å². The molecule has 1 saturated carbocycles. The van der Waals surface area contributed by atoms with Gasteiger partial charge in [-0.25, -0.2) is 4.39 Å². The summed E-state index contributed by atoms with van der Waals surface area (Å²) in [5.41, 5.74) is 4.01. The van der Waals surface area contributed by atoms with Crippen LogP contribution in [0.1, 0.15) is 59.6 Å². The highest BCUT2D eigenvalue weighted by molar-refractivity contribution is 9.10. The first-order valence-electron chi connectivity index (χ1n) is 9.10. The standard InChI is InChI=1S/C21H22BrFN2O/c1-24-20(26)13-4-7-18-16(10-13)21(8-2-3-9-21)12-19(25-18)15-11-14(23)5-6-17(15)22/h4-7,10-11,19,25H,2-3,8-9,12H2,1H3,(H,24,26). The van der Waals surface area contributed by atoms with Crippen LogP contribution >= 0.6 is 15.9 Å². The lowest BCUT2D eigenvalue weighted by molar-refractivity contribution is 0.0963. The summed E-state index contributed by atoms with van der Waals surface area (Å²) in [7, 11) is 1.66. The summed E-state index contributed by atoms with van der Waals surface area (Å²) < 4.78 is 14.8. The summed E-state index contributed by atoms with van der Waals surface area (Å²) in [6.07, 6.45) is 5.53. The quantitative estimate of drug-likeness (QED) is 0.695. The van der Waals surface area contributed by atoms with Crippen LogP contribution in [-0.4, -0.2) is 13.0 Å². The molecule has 0 radical (unpaired) electrons. The molecule has 2 N–H and O–H groups in total. The largest absolute Gasteiger partial charge is 0.378 e. The fourth-order valence-electron chi connectivity index (χ4n) is 4.63. The number of hydrogen-bond acceptors (Lipinski definition) is 2. The number of nitrogens with one attached hydrogen (secondary N) is 2. The van der Waals surface area contributed by atoms with E-state index in [9.17, 15) is 9.18 Å². The highest BCUT2D eigenvalue weighted by Gasteiger charge is 2.43. The van der Waals surface area contributed by atoms with Gasteiger partial charge in [0, 0.05) is 22.8 Å². The predicted molar refractivity (Wildman–Crippen MR) is 105 cm³/mol. The molecule has 0 bridgehead atoms. The van der Waals surface area contributed by atoms with Gasteiger partial charge in [0.2, 0.25) is 0 Å². The van der Waals surface area contributed by atoms with Gasteiger partial charge in [0.25, 0.3) is 5.91 Å². The Balaban J connectivity index is 1.79. The molecule has 1 spiro atoms. The molecule has 1 atom stereocenters. The van der Waals surface area contributed by atoms with Crippen molar-refractivity contribution in [2.45, 2.75) is 43.6 Å². The first-order chi connectivity index (χ1) is 12.5. The maximum atomic E-state index is 13.9. The molecule has 0 aromatic heterocycles. The van der Waals surface area contributed by atoms with Crippen LogP contribution < -0.4 is 10.6 Å². The van der Waals surface area contributed by atoms with Crippen molar-refractivity contribution in [1.29, 1.82) is 0 Å². The molecule has 1 heterocycles. The summed E-state index contributed by atoms with van der Waals surface area (Å²) >= 11 is 3.58. The molecule has 1 unspecified atom stereocenters. The van der Waals surface area contributed by atoms with Crippen LogP contribution in [0.2, 0.25) is 0 Å². The number of carbonyl (C=O) groups excluding carboxylic acids is 1. The Kier molecular flexibility index (Phi) is 4.51. The van der Waals surface area contributed by atoms with Gasteiger partial charge < -0.3 is 10.6 Å². The van der Waals surface area contributed by atoms with Gasteiger partial charge in [-0.05, 0) is 72.2 Å². The van der Waals surface area contributed by atoms with E-state index in [2.05, 4.69) is 26.6 Å². The molecular weight excluding hydrogens is 395 g/mol. The van der Waals surface area contributed by atoms with Crippen molar-refractivity contribution in [3.05, 3.63) is 63.4 Å². The molecule has 5 heteroatoms. The summed E-state index contributed by atoms with van der Waals surface area (Å²) in [4.78, 5) is 12.1. The van der Waals surface area contributed by atoms with Crippen LogP contribution in [0.3, 0.4) is 0 Å². The Morgan fingerprint density at radius 1 is 1.23 bits per heavy atom. The van der Waals surface area contributed by atoms with Gasteiger partial charge >= 0.3 is 0 Å². The molecule has 4 rings (SSSR count). The number of anilines is 1. The maximum Gasteiger partial charge on any atom is 0.251 e. The number of fused-ring (bicyclic) bond motifs is 2. The third kappa shape index (κ3) is 2.92. The van der Waals surface area contributed by atoms with Gasteiger partial charge in [-0.1, -0.05) is 28.8 Å². The number of halogens is 2. The molecule has 2 aromatic rings. The molecule has 136 valence electrons. The fourth-order valence-corrected chi connectivity index (χ4v) is 5.15. The lowest BCUT2D eigenvalue weighted by Gasteiger charge is -2.42. The molecule has 2 aromatic carbocycles. The van der Waals surface area contributed by atoms with E-state index in [-0.39, 0.29) is 23.2 Å². The number of amides is 1. The van der Waals surface area contributed by atoms with Crippen molar-refractivity contribution < 1.29 is 9.18 Å². The third-order valence-electron chi connectivity index (χ3n) is 5.90. The van der Waals surface area contributed by atoms with Crippen molar-refractivity contribution in [1.82, 2.24) is 5.32 Å². The SMILES string of the molecule is CNC(=O)c1ccc2c(c1)C1(CCCC1)CC(c1cc(F)ccc1Br)N2. The minimum atomic E-state index is -0.216. The zero-order chi connectivity index (χ0) is 18.3. The minimum Gasteiger partial charge on any atom is -0.378 e. The molecule has 3 nitrogen and oxygen atoms in total. The van der Waals surface area contributed by atoms with Crippen molar-refractivity contribution in [2.24, 2.45) is 0 Å². The van der Waals surface area contributed by atoms with E-state index >= 15 is 0 Å². The normalized spacial score (nSPS) is 20.5. The van der Waals surface area contributed by atoms with Gasteiger partial charge in [-0.2, -0.15) is 0 Å². The monoisotopic (exact) mass is 416 g/mol. The van der Waals surface area contributed by atoms with Crippen LogP contribution in [0.4, 0.5) is 10.1 Å². The van der Waals surface area contributed by atoms with E-state index in [1.165, 1.54) is 24.5 Å². The maximum absolute atomic E-state index is 13.9. The fraction of sp³-hybridized carbons (Fsp3) is 0.381. The van der Waals surface area contributed by atoms with Crippen LogP contribution in [0.5, 0.6) is 0 Å². The molecule has 1 aliphatic heterocycles.